The summed E-state index contributed by atoms with van der Waals surface area (Å²) >= 11 is 1.11. The number of benzene rings is 2. The summed E-state index contributed by atoms with van der Waals surface area (Å²) in [7, 11) is 0. The summed E-state index contributed by atoms with van der Waals surface area (Å²) in [4.78, 5) is 29.0. The van der Waals surface area contributed by atoms with Gasteiger partial charge in [-0.25, -0.2) is 9.37 Å². The van der Waals surface area contributed by atoms with Crippen LogP contribution in [0.15, 0.2) is 58.5 Å². The van der Waals surface area contributed by atoms with Gasteiger partial charge in [0, 0.05) is 0 Å². The molecule has 25 heavy (non-hydrogen) atoms. The molecule has 0 atom stereocenters. The maximum Gasteiger partial charge on any atom is 0.316 e. The van der Waals surface area contributed by atoms with Crippen molar-refractivity contribution in [2.75, 3.05) is 12.4 Å². The summed E-state index contributed by atoms with van der Waals surface area (Å²) in [6.07, 6.45) is 0. The first-order chi connectivity index (χ1) is 12.1. The minimum atomic E-state index is -0.502. The number of ether oxygens (including phenoxy) is 1. The lowest BCUT2D eigenvalue weighted by Gasteiger charge is -2.13. The van der Waals surface area contributed by atoms with Crippen LogP contribution >= 0.6 is 11.8 Å². The first-order valence-electron chi connectivity index (χ1n) is 7.66. The molecule has 0 N–H and O–H groups in total. The Kier molecular flexibility index (Phi) is 5.14. The molecule has 0 aliphatic heterocycles. The molecule has 3 aromatic rings. The number of carbonyl (C=O) groups excluding carboxylic acids is 1. The fourth-order valence-electron chi connectivity index (χ4n) is 2.37. The highest BCUT2D eigenvalue weighted by Crippen LogP contribution is 2.21. The van der Waals surface area contributed by atoms with Gasteiger partial charge in [-0.15, -0.1) is 0 Å². The lowest BCUT2D eigenvalue weighted by molar-refractivity contribution is -0.139. The molecule has 0 radical (unpaired) electrons. The molecule has 0 aliphatic carbocycles. The van der Waals surface area contributed by atoms with Crippen molar-refractivity contribution in [2.24, 2.45) is 0 Å². The van der Waals surface area contributed by atoms with E-state index in [1.54, 1.807) is 31.2 Å². The number of hydrogen-bond acceptors (Lipinski definition) is 5. The van der Waals surface area contributed by atoms with Crippen LogP contribution in [0.2, 0.25) is 0 Å². The van der Waals surface area contributed by atoms with Gasteiger partial charge in [0.15, 0.2) is 5.16 Å². The molecule has 7 heteroatoms. The smallest absolute Gasteiger partial charge is 0.316 e. The fourth-order valence-corrected chi connectivity index (χ4v) is 3.18. The molecule has 0 fully saturated rings. The monoisotopic (exact) mass is 358 g/mol. The predicted molar refractivity (Wildman–Crippen MR) is 94.7 cm³/mol. The van der Waals surface area contributed by atoms with E-state index in [0.717, 1.165) is 11.8 Å². The van der Waals surface area contributed by atoms with Gasteiger partial charge in [-0.1, -0.05) is 30.0 Å². The highest BCUT2D eigenvalue weighted by molar-refractivity contribution is 7.99. The highest BCUT2D eigenvalue weighted by atomic mass is 32.2. The summed E-state index contributed by atoms with van der Waals surface area (Å²) in [5.41, 5.74) is 0.588. The molecule has 0 aliphatic rings. The SMILES string of the molecule is CCOC(=O)CSc1nc2ccc(F)cc2c(=O)n1-c1ccccc1. The maximum atomic E-state index is 13.5. The van der Waals surface area contributed by atoms with Gasteiger partial charge >= 0.3 is 5.97 Å². The summed E-state index contributed by atoms with van der Waals surface area (Å²) < 4.78 is 19.8. The summed E-state index contributed by atoms with van der Waals surface area (Å²) in [5.74, 6) is -0.863. The molecule has 0 saturated carbocycles. The van der Waals surface area contributed by atoms with E-state index in [2.05, 4.69) is 4.98 Å². The molecular formula is C18H15FN2O3S. The van der Waals surface area contributed by atoms with Gasteiger partial charge in [-0.05, 0) is 37.3 Å². The Labute approximate surface area is 147 Å². The predicted octanol–water partition coefficient (Wildman–Crippen LogP) is 3.18. The molecule has 0 unspecified atom stereocenters. The third kappa shape index (κ3) is 3.71. The van der Waals surface area contributed by atoms with Crippen molar-refractivity contribution in [3.63, 3.8) is 0 Å². The van der Waals surface area contributed by atoms with Crippen LogP contribution < -0.4 is 5.56 Å². The molecule has 0 spiro atoms. The van der Waals surface area contributed by atoms with Crippen molar-refractivity contribution in [1.82, 2.24) is 9.55 Å². The van der Waals surface area contributed by atoms with Crippen LogP contribution in [0.1, 0.15) is 6.92 Å². The molecular weight excluding hydrogens is 343 g/mol. The van der Waals surface area contributed by atoms with E-state index in [0.29, 0.717) is 16.4 Å². The number of rotatable bonds is 5. The topological polar surface area (TPSA) is 61.2 Å². The molecule has 0 amide bonds. The normalized spacial score (nSPS) is 10.8. The first-order valence-corrected chi connectivity index (χ1v) is 8.65. The van der Waals surface area contributed by atoms with Gasteiger partial charge in [-0.2, -0.15) is 0 Å². The maximum absolute atomic E-state index is 13.5. The van der Waals surface area contributed by atoms with Gasteiger partial charge in [0.1, 0.15) is 5.82 Å². The van der Waals surface area contributed by atoms with E-state index in [1.165, 1.54) is 22.8 Å². The number of carbonyl (C=O) groups is 1. The number of fused-ring (bicyclic) bond motifs is 1. The Balaban J connectivity index is 2.14. The van der Waals surface area contributed by atoms with E-state index in [9.17, 15) is 14.0 Å². The van der Waals surface area contributed by atoms with Crippen LogP contribution in [0.4, 0.5) is 4.39 Å². The Morgan fingerprint density at radius 3 is 2.72 bits per heavy atom. The summed E-state index contributed by atoms with van der Waals surface area (Å²) in [6, 6.07) is 12.8. The van der Waals surface area contributed by atoms with Crippen molar-refractivity contribution in [3.05, 3.63) is 64.7 Å². The molecule has 128 valence electrons. The Morgan fingerprint density at radius 2 is 2.00 bits per heavy atom. The molecule has 1 aromatic heterocycles. The molecule has 3 rings (SSSR count). The van der Waals surface area contributed by atoms with Crippen LogP contribution in [-0.2, 0) is 9.53 Å². The standard InChI is InChI=1S/C18H15FN2O3S/c1-2-24-16(22)11-25-18-20-15-9-8-12(19)10-14(15)17(23)21(18)13-6-4-3-5-7-13/h3-10H,2,11H2,1H3. The summed E-state index contributed by atoms with van der Waals surface area (Å²) in [5, 5.41) is 0.535. The van der Waals surface area contributed by atoms with Crippen LogP contribution in [0.5, 0.6) is 0 Å². The summed E-state index contributed by atoms with van der Waals surface area (Å²) in [6.45, 7) is 2.01. The lowest BCUT2D eigenvalue weighted by Crippen LogP contribution is -2.22. The molecule has 2 aromatic carbocycles. The number of aromatic nitrogens is 2. The minimum Gasteiger partial charge on any atom is -0.465 e. The zero-order valence-electron chi connectivity index (χ0n) is 13.4. The van der Waals surface area contributed by atoms with Crippen LogP contribution in [-0.4, -0.2) is 27.9 Å². The minimum absolute atomic E-state index is 0.0276. The van der Waals surface area contributed by atoms with E-state index in [4.69, 9.17) is 4.74 Å². The number of nitrogens with zero attached hydrogens (tertiary/aromatic N) is 2. The second-order valence-electron chi connectivity index (χ2n) is 5.13. The zero-order valence-corrected chi connectivity index (χ0v) is 14.3. The molecule has 5 nitrogen and oxygen atoms in total. The van der Waals surface area contributed by atoms with E-state index in [1.807, 2.05) is 6.07 Å². The molecule has 0 bridgehead atoms. The van der Waals surface area contributed by atoms with Gasteiger partial charge < -0.3 is 4.74 Å². The van der Waals surface area contributed by atoms with Crippen molar-refractivity contribution in [3.8, 4) is 5.69 Å². The number of esters is 1. The lowest BCUT2D eigenvalue weighted by atomic mass is 10.2. The fraction of sp³-hybridized carbons (Fsp3) is 0.167. The third-order valence-electron chi connectivity index (χ3n) is 3.44. The van der Waals surface area contributed by atoms with Gasteiger partial charge in [-0.3, -0.25) is 14.2 Å². The van der Waals surface area contributed by atoms with Gasteiger partial charge in [0.05, 0.1) is 29.0 Å². The molecule has 0 saturated heterocycles. The van der Waals surface area contributed by atoms with Gasteiger partial charge in [0.25, 0.3) is 5.56 Å². The second kappa shape index (κ2) is 7.48. The first kappa shape index (κ1) is 17.2. The zero-order chi connectivity index (χ0) is 17.8. The van der Waals surface area contributed by atoms with E-state index >= 15 is 0 Å². The van der Waals surface area contributed by atoms with E-state index in [-0.39, 0.29) is 29.3 Å². The largest absolute Gasteiger partial charge is 0.465 e. The van der Waals surface area contributed by atoms with Crippen molar-refractivity contribution in [2.45, 2.75) is 12.1 Å². The van der Waals surface area contributed by atoms with Crippen molar-refractivity contribution in [1.29, 1.82) is 0 Å². The average Bonchev–Trinajstić information content (AvgIpc) is 2.61. The number of para-hydroxylation sites is 1. The number of thioether (sulfide) groups is 1. The third-order valence-corrected chi connectivity index (χ3v) is 4.35. The number of hydrogen-bond donors (Lipinski definition) is 0. The average molecular weight is 358 g/mol. The molecule has 1 heterocycles. The van der Waals surface area contributed by atoms with Crippen molar-refractivity contribution < 1.29 is 13.9 Å². The van der Waals surface area contributed by atoms with Crippen LogP contribution in [0.25, 0.3) is 16.6 Å². The van der Waals surface area contributed by atoms with Gasteiger partial charge in [0.2, 0.25) is 0 Å². The Morgan fingerprint density at radius 1 is 1.24 bits per heavy atom. The number of halogens is 1. The van der Waals surface area contributed by atoms with E-state index < -0.39 is 5.82 Å². The quantitative estimate of drug-likeness (QED) is 0.398. The van der Waals surface area contributed by atoms with Crippen molar-refractivity contribution >= 4 is 28.6 Å². The second-order valence-corrected chi connectivity index (χ2v) is 6.07. The Hall–Kier alpha value is -2.67. The van der Waals surface area contributed by atoms with Crippen LogP contribution in [0, 0.1) is 5.82 Å². The highest BCUT2D eigenvalue weighted by Gasteiger charge is 2.15. The van der Waals surface area contributed by atoms with Crippen LogP contribution in [0.3, 0.4) is 0 Å². The Bertz CT molecular complexity index is 973.